The van der Waals surface area contributed by atoms with E-state index in [0.717, 1.165) is 0 Å². The van der Waals surface area contributed by atoms with Gasteiger partial charge in [-0.05, 0) is 26.0 Å². The van der Waals surface area contributed by atoms with Crippen LogP contribution in [0.2, 0.25) is 5.02 Å². The van der Waals surface area contributed by atoms with Crippen molar-refractivity contribution in [3.63, 3.8) is 0 Å². The van der Waals surface area contributed by atoms with E-state index in [1.54, 1.807) is 29.2 Å². The van der Waals surface area contributed by atoms with Gasteiger partial charge in [-0.3, -0.25) is 0 Å². The largest absolute Gasteiger partial charge is 0.394 e. The molecule has 1 saturated heterocycles. The molecule has 1 aliphatic heterocycles. The summed E-state index contributed by atoms with van der Waals surface area (Å²) in [7, 11) is 0. The normalized spacial score (nSPS) is 21.6. The maximum atomic E-state index is 12.3. The second-order valence-corrected chi connectivity index (χ2v) is 5.88. The summed E-state index contributed by atoms with van der Waals surface area (Å²) >= 11 is 6.02. The molecule has 1 unspecified atom stereocenters. The SMILES string of the molecule is CC1(C)CN(C(=O)Nc2ccccc2Cl)CC(CO)O1. The number of nitrogens with zero attached hydrogens (tertiary/aromatic N) is 1. The van der Waals surface area contributed by atoms with Gasteiger partial charge in [0.25, 0.3) is 0 Å². The third kappa shape index (κ3) is 3.62. The van der Waals surface area contributed by atoms with Gasteiger partial charge in [-0.2, -0.15) is 0 Å². The summed E-state index contributed by atoms with van der Waals surface area (Å²) in [5.74, 6) is 0. The highest BCUT2D eigenvalue weighted by atomic mass is 35.5. The van der Waals surface area contributed by atoms with Crippen LogP contribution in [0.3, 0.4) is 0 Å². The lowest BCUT2D eigenvalue weighted by molar-refractivity contribution is -0.137. The first-order chi connectivity index (χ1) is 9.41. The van der Waals surface area contributed by atoms with Crippen LogP contribution in [0.15, 0.2) is 24.3 Å². The standard InChI is InChI=1S/C14H19ClN2O3/c1-14(2)9-17(7-10(8-18)20-14)13(19)16-12-6-4-3-5-11(12)15/h3-6,10,18H,7-9H2,1-2H3,(H,16,19). The number of carbonyl (C=O) groups excluding carboxylic acids is 1. The molecular formula is C14H19ClN2O3. The van der Waals surface area contributed by atoms with Crippen LogP contribution < -0.4 is 5.32 Å². The molecule has 110 valence electrons. The Hall–Kier alpha value is -1.30. The predicted octanol–water partition coefficient (Wildman–Crippen LogP) is 2.34. The smallest absolute Gasteiger partial charge is 0.322 e. The molecule has 5 nitrogen and oxygen atoms in total. The Morgan fingerprint density at radius 2 is 2.25 bits per heavy atom. The molecule has 2 rings (SSSR count). The number of rotatable bonds is 2. The van der Waals surface area contributed by atoms with Crippen molar-refractivity contribution in [2.45, 2.75) is 25.6 Å². The Labute approximate surface area is 123 Å². The molecular weight excluding hydrogens is 280 g/mol. The number of morpholine rings is 1. The third-order valence-corrected chi connectivity index (χ3v) is 3.42. The molecule has 1 atom stereocenters. The maximum Gasteiger partial charge on any atom is 0.322 e. The summed E-state index contributed by atoms with van der Waals surface area (Å²) in [6.45, 7) is 4.49. The number of halogens is 1. The van der Waals surface area contributed by atoms with Crippen LogP contribution in [0.1, 0.15) is 13.8 Å². The number of hydrogen-bond donors (Lipinski definition) is 2. The van der Waals surface area contributed by atoms with Crippen LogP contribution >= 0.6 is 11.6 Å². The van der Waals surface area contributed by atoms with E-state index in [4.69, 9.17) is 16.3 Å². The minimum absolute atomic E-state index is 0.112. The first kappa shape index (κ1) is 15.1. The van der Waals surface area contributed by atoms with Crippen molar-refractivity contribution in [2.75, 3.05) is 25.0 Å². The van der Waals surface area contributed by atoms with E-state index in [-0.39, 0.29) is 18.7 Å². The Bertz CT molecular complexity index is 493. The van der Waals surface area contributed by atoms with Crippen molar-refractivity contribution in [1.29, 1.82) is 0 Å². The van der Waals surface area contributed by atoms with Gasteiger partial charge >= 0.3 is 6.03 Å². The molecule has 6 heteroatoms. The summed E-state index contributed by atoms with van der Waals surface area (Å²) in [5, 5.41) is 12.5. The van der Waals surface area contributed by atoms with Crippen LogP contribution in [-0.2, 0) is 4.74 Å². The molecule has 1 aromatic carbocycles. The van der Waals surface area contributed by atoms with Gasteiger partial charge in [-0.15, -0.1) is 0 Å². The number of carbonyl (C=O) groups is 1. The van der Waals surface area contributed by atoms with E-state index >= 15 is 0 Å². The molecule has 0 spiro atoms. The first-order valence-corrected chi connectivity index (χ1v) is 6.88. The number of hydrogen-bond acceptors (Lipinski definition) is 3. The average molecular weight is 299 g/mol. The highest BCUT2D eigenvalue weighted by Gasteiger charge is 2.35. The highest BCUT2D eigenvalue weighted by Crippen LogP contribution is 2.24. The average Bonchev–Trinajstić information content (AvgIpc) is 2.39. The number of aliphatic hydroxyl groups is 1. The van der Waals surface area contributed by atoms with Crippen molar-refractivity contribution >= 4 is 23.3 Å². The molecule has 0 bridgehead atoms. The molecule has 2 amide bonds. The molecule has 1 aromatic rings. The van der Waals surface area contributed by atoms with E-state index in [2.05, 4.69) is 5.32 Å². The number of urea groups is 1. The second kappa shape index (κ2) is 5.99. The van der Waals surface area contributed by atoms with Gasteiger partial charge in [0, 0.05) is 0 Å². The Morgan fingerprint density at radius 3 is 2.90 bits per heavy atom. The molecule has 1 fully saturated rings. The fourth-order valence-electron chi connectivity index (χ4n) is 2.30. The zero-order valence-corrected chi connectivity index (χ0v) is 12.4. The first-order valence-electron chi connectivity index (χ1n) is 6.50. The second-order valence-electron chi connectivity index (χ2n) is 5.47. The highest BCUT2D eigenvalue weighted by molar-refractivity contribution is 6.33. The lowest BCUT2D eigenvalue weighted by Crippen LogP contribution is -2.56. The fraction of sp³-hybridized carbons (Fsp3) is 0.500. The lowest BCUT2D eigenvalue weighted by Gasteiger charge is -2.42. The van der Waals surface area contributed by atoms with Crippen LogP contribution in [-0.4, -0.2) is 47.4 Å². The predicted molar refractivity (Wildman–Crippen MR) is 78.1 cm³/mol. The van der Waals surface area contributed by atoms with E-state index in [9.17, 15) is 9.90 Å². The van der Waals surface area contributed by atoms with Crippen molar-refractivity contribution in [2.24, 2.45) is 0 Å². The number of aliphatic hydroxyl groups excluding tert-OH is 1. The van der Waals surface area contributed by atoms with Gasteiger partial charge in [0.1, 0.15) is 0 Å². The summed E-state index contributed by atoms with van der Waals surface area (Å²) < 4.78 is 5.68. The number of anilines is 1. The monoisotopic (exact) mass is 298 g/mol. The lowest BCUT2D eigenvalue weighted by atomic mass is 10.1. The van der Waals surface area contributed by atoms with Crippen LogP contribution in [0.5, 0.6) is 0 Å². The van der Waals surface area contributed by atoms with Gasteiger partial charge in [-0.1, -0.05) is 23.7 Å². The zero-order chi connectivity index (χ0) is 14.8. The Balaban J connectivity index is 2.07. The van der Waals surface area contributed by atoms with Gasteiger partial charge < -0.3 is 20.1 Å². The Morgan fingerprint density at radius 1 is 1.55 bits per heavy atom. The number of para-hydroxylation sites is 1. The van der Waals surface area contributed by atoms with Crippen molar-refractivity contribution in [3.8, 4) is 0 Å². The summed E-state index contributed by atoms with van der Waals surface area (Å²) in [6.07, 6.45) is -0.365. The maximum absolute atomic E-state index is 12.3. The molecule has 0 radical (unpaired) electrons. The minimum Gasteiger partial charge on any atom is -0.394 e. The number of benzene rings is 1. The number of amides is 2. The van der Waals surface area contributed by atoms with E-state index in [1.165, 1.54) is 0 Å². The molecule has 1 aliphatic rings. The van der Waals surface area contributed by atoms with Gasteiger partial charge in [0.2, 0.25) is 0 Å². The quantitative estimate of drug-likeness (QED) is 0.881. The van der Waals surface area contributed by atoms with E-state index in [1.807, 2.05) is 13.8 Å². The van der Waals surface area contributed by atoms with Crippen LogP contribution in [0.25, 0.3) is 0 Å². The zero-order valence-electron chi connectivity index (χ0n) is 11.6. The van der Waals surface area contributed by atoms with Gasteiger partial charge in [0.15, 0.2) is 0 Å². The van der Waals surface area contributed by atoms with E-state index < -0.39 is 5.60 Å². The number of ether oxygens (including phenoxy) is 1. The van der Waals surface area contributed by atoms with Crippen molar-refractivity contribution in [3.05, 3.63) is 29.3 Å². The molecule has 0 aromatic heterocycles. The van der Waals surface area contributed by atoms with Crippen molar-refractivity contribution in [1.82, 2.24) is 4.90 Å². The fourth-order valence-corrected chi connectivity index (χ4v) is 2.49. The number of nitrogens with one attached hydrogen (secondary N) is 1. The third-order valence-electron chi connectivity index (χ3n) is 3.09. The van der Waals surface area contributed by atoms with Crippen molar-refractivity contribution < 1.29 is 14.6 Å². The van der Waals surface area contributed by atoms with Gasteiger partial charge in [-0.25, -0.2) is 4.79 Å². The van der Waals surface area contributed by atoms with Gasteiger partial charge in [0.05, 0.1) is 42.1 Å². The molecule has 1 heterocycles. The summed E-state index contributed by atoms with van der Waals surface area (Å²) in [6, 6.07) is 6.83. The van der Waals surface area contributed by atoms with Crippen LogP contribution in [0.4, 0.5) is 10.5 Å². The molecule has 0 aliphatic carbocycles. The molecule has 2 N–H and O–H groups in total. The Kier molecular flexibility index (Phi) is 4.52. The topological polar surface area (TPSA) is 61.8 Å². The summed E-state index contributed by atoms with van der Waals surface area (Å²) in [4.78, 5) is 13.9. The summed E-state index contributed by atoms with van der Waals surface area (Å²) in [5.41, 5.74) is 0.0905. The minimum atomic E-state index is -0.483. The molecule has 20 heavy (non-hydrogen) atoms. The molecule has 0 saturated carbocycles. The van der Waals surface area contributed by atoms with E-state index in [0.29, 0.717) is 23.8 Å². The van der Waals surface area contributed by atoms with Crippen LogP contribution in [0, 0.1) is 0 Å².